The smallest absolute Gasteiger partial charge is 0.0537 e. The van der Waals surface area contributed by atoms with Gasteiger partial charge in [0.15, 0.2) is 0 Å². The van der Waals surface area contributed by atoms with Crippen molar-refractivity contribution in [3.8, 4) is 0 Å². The zero-order chi connectivity index (χ0) is 10.6. The van der Waals surface area contributed by atoms with E-state index in [1.807, 2.05) is 6.92 Å². The Hall–Kier alpha value is 0.310. The lowest BCUT2D eigenvalue weighted by molar-refractivity contribution is 0.157. The van der Waals surface area contributed by atoms with E-state index in [1.54, 1.807) is 0 Å². The number of unbranched alkanes of at least 4 members (excludes halogenated alkanes) is 3. The van der Waals surface area contributed by atoms with Gasteiger partial charge in [-0.1, -0.05) is 33.1 Å². The maximum Gasteiger partial charge on any atom is 0.0537 e. The summed E-state index contributed by atoms with van der Waals surface area (Å²) >= 11 is 2.08. The summed E-state index contributed by atoms with van der Waals surface area (Å²) < 4.78 is 0. The lowest BCUT2D eigenvalue weighted by atomic mass is 10.1. The van der Waals surface area contributed by atoms with Crippen LogP contribution < -0.4 is 0 Å². The minimum Gasteiger partial charge on any atom is -0.393 e. The third-order valence-electron chi connectivity index (χ3n) is 2.44. The normalized spacial score (nSPS) is 13.1. The third kappa shape index (κ3) is 10.4. The van der Waals surface area contributed by atoms with Crippen molar-refractivity contribution in [1.29, 1.82) is 0 Å². The van der Waals surface area contributed by atoms with Crippen LogP contribution in [0.2, 0.25) is 0 Å². The maximum absolute atomic E-state index is 9.33. The molecule has 0 aromatic rings. The molecule has 0 heterocycles. The minimum atomic E-state index is -0.0530. The molecule has 14 heavy (non-hydrogen) atoms. The van der Waals surface area contributed by atoms with Gasteiger partial charge in [0.2, 0.25) is 0 Å². The molecule has 1 N–H and O–H groups in total. The summed E-state index contributed by atoms with van der Waals surface area (Å²) in [7, 11) is 0. The van der Waals surface area contributed by atoms with Gasteiger partial charge in [0.25, 0.3) is 0 Å². The van der Waals surface area contributed by atoms with Gasteiger partial charge in [-0.2, -0.15) is 11.8 Å². The second-order valence-corrected chi connectivity index (χ2v) is 5.10. The van der Waals surface area contributed by atoms with Gasteiger partial charge < -0.3 is 5.11 Å². The Balaban J connectivity index is 2.92. The van der Waals surface area contributed by atoms with Crippen molar-refractivity contribution in [2.45, 2.75) is 64.9 Å². The van der Waals surface area contributed by atoms with Crippen LogP contribution in [0.3, 0.4) is 0 Å². The second kappa shape index (κ2) is 11.4. The summed E-state index contributed by atoms with van der Waals surface area (Å²) in [4.78, 5) is 0. The maximum atomic E-state index is 9.33. The lowest BCUT2D eigenvalue weighted by Crippen LogP contribution is -2.03. The van der Waals surface area contributed by atoms with Gasteiger partial charge in [0, 0.05) is 0 Å². The number of thioether (sulfide) groups is 1. The number of hydrogen-bond acceptors (Lipinski definition) is 2. The molecule has 0 saturated carbocycles. The zero-order valence-corrected chi connectivity index (χ0v) is 10.6. The average Bonchev–Trinajstić information content (AvgIpc) is 2.21. The molecule has 0 aliphatic heterocycles. The number of hydrogen-bond donors (Lipinski definition) is 1. The summed E-state index contributed by atoms with van der Waals surface area (Å²) in [5, 5.41) is 9.33. The van der Waals surface area contributed by atoms with Crippen molar-refractivity contribution in [3.63, 3.8) is 0 Å². The number of aliphatic hydroxyl groups excluding tert-OH is 1. The molecule has 0 aliphatic rings. The Morgan fingerprint density at radius 2 is 1.71 bits per heavy atom. The van der Waals surface area contributed by atoms with Crippen molar-refractivity contribution >= 4 is 11.8 Å². The molecular weight excluding hydrogens is 192 g/mol. The van der Waals surface area contributed by atoms with Crippen molar-refractivity contribution in [1.82, 2.24) is 0 Å². The molecule has 0 fully saturated rings. The van der Waals surface area contributed by atoms with E-state index < -0.39 is 0 Å². The summed E-state index contributed by atoms with van der Waals surface area (Å²) in [5.41, 5.74) is 0. The van der Waals surface area contributed by atoms with E-state index in [2.05, 4.69) is 18.7 Å². The van der Waals surface area contributed by atoms with Crippen LogP contribution in [0.4, 0.5) is 0 Å². The van der Waals surface area contributed by atoms with E-state index in [-0.39, 0.29) is 6.10 Å². The van der Waals surface area contributed by atoms with E-state index in [0.717, 1.165) is 12.8 Å². The molecule has 0 aliphatic carbocycles. The molecule has 1 atom stereocenters. The second-order valence-electron chi connectivity index (χ2n) is 3.88. The van der Waals surface area contributed by atoms with Gasteiger partial charge >= 0.3 is 0 Å². The molecule has 0 amide bonds. The number of rotatable bonds is 10. The summed E-state index contributed by atoms with van der Waals surface area (Å²) in [5.74, 6) is 2.64. The largest absolute Gasteiger partial charge is 0.393 e. The molecule has 0 rings (SSSR count). The van der Waals surface area contributed by atoms with Crippen molar-refractivity contribution < 1.29 is 5.11 Å². The van der Waals surface area contributed by atoms with Crippen LogP contribution in [0.1, 0.15) is 58.8 Å². The molecule has 0 bridgehead atoms. The highest BCUT2D eigenvalue weighted by Gasteiger charge is 1.99. The Kier molecular flexibility index (Phi) is 11.6. The fraction of sp³-hybridized carbons (Fsp3) is 1.00. The summed E-state index contributed by atoms with van der Waals surface area (Å²) in [6.45, 7) is 4.29. The standard InChI is InChI=1S/C12H26OS/c1-3-5-10-14-11-8-6-7-9-12(13)4-2/h12-13H,3-11H2,1-2H3. The Morgan fingerprint density at radius 3 is 2.36 bits per heavy atom. The fourth-order valence-corrected chi connectivity index (χ4v) is 2.42. The van der Waals surface area contributed by atoms with Gasteiger partial charge in [0.05, 0.1) is 6.10 Å². The topological polar surface area (TPSA) is 20.2 Å². The first-order valence-corrected chi connectivity index (χ1v) is 7.22. The van der Waals surface area contributed by atoms with E-state index in [9.17, 15) is 5.11 Å². The molecule has 1 nitrogen and oxygen atoms in total. The zero-order valence-electron chi connectivity index (χ0n) is 9.80. The molecule has 0 spiro atoms. The molecule has 0 saturated heterocycles. The fourth-order valence-electron chi connectivity index (χ4n) is 1.31. The molecule has 0 radical (unpaired) electrons. The monoisotopic (exact) mass is 218 g/mol. The molecule has 2 heteroatoms. The van der Waals surface area contributed by atoms with Crippen LogP contribution in [-0.2, 0) is 0 Å². The van der Waals surface area contributed by atoms with Gasteiger partial charge in [-0.05, 0) is 37.2 Å². The predicted octanol–water partition coefficient (Wildman–Crippen LogP) is 3.85. The van der Waals surface area contributed by atoms with Crippen LogP contribution in [0.15, 0.2) is 0 Å². The summed E-state index contributed by atoms with van der Waals surface area (Å²) in [6.07, 6.45) is 8.34. The molecule has 1 unspecified atom stereocenters. The quantitative estimate of drug-likeness (QED) is 0.562. The van der Waals surface area contributed by atoms with Gasteiger partial charge in [-0.15, -0.1) is 0 Å². The SMILES string of the molecule is CCCCSCCCCCC(O)CC. The molecular formula is C12H26OS. The highest BCUT2D eigenvalue weighted by Crippen LogP contribution is 2.11. The summed E-state index contributed by atoms with van der Waals surface area (Å²) in [6, 6.07) is 0. The van der Waals surface area contributed by atoms with Gasteiger partial charge in [0.1, 0.15) is 0 Å². The lowest BCUT2D eigenvalue weighted by Gasteiger charge is -2.06. The molecule has 0 aromatic heterocycles. The number of aliphatic hydroxyl groups is 1. The van der Waals surface area contributed by atoms with Crippen molar-refractivity contribution in [2.24, 2.45) is 0 Å². The van der Waals surface area contributed by atoms with E-state index in [0.29, 0.717) is 0 Å². The van der Waals surface area contributed by atoms with E-state index in [4.69, 9.17) is 0 Å². The molecule has 86 valence electrons. The first kappa shape index (κ1) is 14.3. The first-order valence-electron chi connectivity index (χ1n) is 6.07. The van der Waals surface area contributed by atoms with Gasteiger partial charge in [-0.25, -0.2) is 0 Å². The Morgan fingerprint density at radius 1 is 1.00 bits per heavy atom. The van der Waals surface area contributed by atoms with Crippen LogP contribution in [0, 0.1) is 0 Å². The average molecular weight is 218 g/mol. The van der Waals surface area contributed by atoms with Crippen LogP contribution in [0.25, 0.3) is 0 Å². The third-order valence-corrected chi connectivity index (χ3v) is 3.59. The van der Waals surface area contributed by atoms with Crippen molar-refractivity contribution in [2.75, 3.05) is 11.5 Å². The highest BCUT2D eigenvalue weighted by atomic mass is 32.2. The van der Waals surface area contributed by atoms with E-state index in [1.165, 1.54) is 43.6 Å². The van der Waals surface area contributed by atoms with E-state index >= 15 is 0 Å². The highest BCUT2D eigenvalue weighted by molar-refractivity contribution is 7.99. The Labute approximate surface area is 93.7 Å². The van der Waals surface area contributed by atoms with Crippen LogP contribution in [-0.4, -0.2) is 22.7 Å². The molecule has 0 aromatic carbocycles. The predicted molar refractivity (Wildman–Crippen MR) is 67.0 cm³/mol. The Bertz CT molecular complexity index is 106. The van der Waals surface area contributed by atoms with Gasteiger partial charge in [-0.3, -0.25) is 0 Å². The minimum absolute atomic E-state index is 0.0530. The first-order chi connectivity index (χ1) is 6.81. The van der Waals surface area contributed by atoms with Crippen molar-refractivity contribution in [3.05, 3.63) is 0 Å². The van der Waals surface area contributed by atoms with Crippen LogP contribution in [0.5, 0.6) is 0 Å². The van der Waals surface area contributed by atoms with Crippen LogP contribution >= 0.6 is 11.8 Å².